The van der Waals surface area contributed by atoms with Crippen LogP contribution in [0.25, 0.3) is 0 Å². The summed E-state index contributed by atoms with van der Waals surface area (Å²) in [6, 6.07) is 7.84. The van der Waals surface area contributed by atoms with E-state index in [1.165, 1.54) is 0 Å². The maximum Gasteiger partial charge on any atom is 0.312 e. The van der Waals surface area contributed by atoms with Gasteiger partial charge < -0.3 is 25.4 Å². The van der Waals surface area contributed by atoms with Crippen LogP contribution in [0.3, 0.4) is 0 Å². The van der Waals surface area contributed by atoms with Crippen molar-refractivity contribution >= 4 is 6.01 Å². The van der Waals surface area contributed by atoms with Gasteiger partial charge in [-0.15, -0.1) is 5.10 Å². The molecule has 4 unspecified atom stereocenters. The Kier molecular flexibility index (Phi) is 4.22. The predicted molar refractivity (Wildman–Crippen MR) is 90.9 cm³/mol. The second-order valence-electron chi connectivity index (χ2n) is 6.71. The van der Waals surface area contributed by atoms with Crippen molar-refractivity contribution in [2.24, 2.45) is 11.7 Å². The van der Waals surface area contributed by atoms with Crippen LogP contribution in [0.15, 0.2) is 28.7 Å². The summed E-state index contributed by atoms with van der Waals surface area (Å²) in [5.41, 5.74) is 11.8. The van der Waals surface area contributed by atoms with E-state index in [0.717, 1.165) is 30.9 Å². The Morgan fingerprint density at radius 1 is 1.24 bits per heavy atom. The monoisotopic (exact) mass is 345 g/mol. The third-order valence-electron chi connectivity index (χ3n) is 5.08. The van der Waals surface area contributed by atoms with Crippen molar-refractivity contribution in [3.63, 3.8) is 0 Å². The molecule has 8 nitrogen and oxygen atoms in total. The lowest BCUT2D eigenvalue weighted by atomic mass is 9.86. The molecule has 4 N–H and O–H groups in total. The first-order chi connectivity index (χ1) is 12.1. The molecule has 0 amide bonds. The number of rotatable bonds is 3. The number of anilines is 1. The van der Waals surface area contributed by atoms with Gasteiger partial charge >= 0.3 is 6.01 Å². The number of nitrogen functional groups attached to an aromatic ring is 1. The molecular formula is C17H23N5O3. The van der Waals surface area contributed by atoms with E-state index in [4.69, 9.17) is 25.4 Å². The van der Waals surface area contributed by atoms with Crippen molar-refractivity contribution in [2.45, 2.75) is 38.1 Å². The van der Waals surface area contributed by atoms with Crippen LogP contribution >= 0.6 is 0 Å². The Morgan fingerprint density at radius 2 is 2.04 bits per heavy atom. The molecule has 4 rings (SSSR count). The number of hydrogen-bond donors (Lipinski definition) is 2. The summed E-state index contributed by atoms with van der Waals surface area (Å²) in [7, 11) is 0. The maximum atomic E-state index is 6.31. The van der Waals surface area contributed by atoms with Gasteiger partial charge in [-0.2, -0.15) is 0 Å². The van der Waals surface area contributed by atoms with Crippen LogP contribution in [0, 0.1) is 5.92 Å². The van der Waals surface area contributed by atoms with Crippen molar-refractivity contribution in [3.8, 4) is 11.5 Å². The molecule has 2 aliphatic rings. The molecule has 0 saturated carbocycles. The highest BCUT2D eigenvalue weighted by Gasteiger charge is 2.37. The van der Waals surface area contributed by atoms with Crippen molar-refractivity contribution < 1.29 is 13.9 Å². The predicted octanol–water partition coefficient (Wildman–Crippen LogP) is 1.55. The highest BCUT2D eigenvalue weighted by Crippen LogP contribution is 2.36. The van der Waals surface area contributed by atoms with E-state index in [1.807, 2.05) is 24.3 Å². The van der Waals surface area contributed by atoms with E-state index in [2.05, 4.69) is 22.0 Å². The van der Waals surface area contributed by atoms with E-state index in [0.29, 0.717) is 18.5 Å². The molecule has 8 heteroatoms. The van der Waals surface area contributed by atoms with Crippen LogP contribution in [0.4, 0.5) is 6.01 Å². The summed E-state index contributed by atoms with van der Waals surface area (Å²) in [4.78, 5) is 2.33. The normalized spacial score (nSPS) is 27.8. The first kappa shape index (κ1) is 16.2. The topological polar surface area (TPSA) is 113 Å². The van der Waals surface area contributed by atoms with Crippen molar-refractivity contribution in [3.05, 3.63) is 30.2 Å². The Bertz CT molecular complexity index is 737. The lowest BCUT2D eigenvalue weighted by molar-refractivity contribution is -0.0690. The molecule has 2 aliphatic heterocycles. The zero-order chi connectivity index (χ0) is 17.4. The maximum absolute atomic E-state index is 6.31. The van der Waals surface area contributed by atoms with Gasteiger partial charge in [-0.3, -0.25) is 4.90 Å². The SMILES string of the molecule is CC1CC(C(N)c2nnc(N)o2)CCN1C1COc2ccccc2O1. The Morgan fingerprint density at radius 3 is 2.76 bits per heavy atom. The minimum Gasteiger partial charge on any atom is -0.484 e. The second-order valence-corrected chi connectivity index (χ2v) is 6.71. The number of likely N-dealkylation sites (tertiary alicyclic amines) is 1. The first-order valence-corrected chi connectivity index (χ1v) is 8.60. The summed E-state index contributed by atoms with van der Waals surface area (Å²) in [6.07, 6.45) is 1.77. The molecule has 134 valence electrons. The van der Waals surface area contributed by atoms with Gasteiger partial charge in [0, 0.05) is 12.6 Å². The van der Waals surface area contributed by atoms with Crippen LogP contribution < -0.4 is 20.9 Å². The van der Waals surface area contributed by atoms with Gasteiger partial charge in [0.05, 0.1) is 6.04 Å². The van der Waals surface area contributed by atoms with Gasteiger partial charge in [0.25, 0.3) is 0 Å². The molecule has 1 saturated heterocycles. The number of piperidine rings is 1. The zero-order valence-corrected chi connectivity index (χ0v) is 14.2. The largest absolute Gasteiger partial charge is 0.484 e. The van der Waals surface area contributed by atoms with Crippen LogP contribution in [-0.4, -0.2) is 40.5 Å². The number of ether oxygens (including phenoxy) is 2. The van der Waals surface area contributed by atoms with Crippen LogP contribution in [0.1, 0.15) is 31.7 Å². The van der Waals surface area contributed by atoms with Crippen molar-refractivity contribution in [1.82, 2.24) is 15.1 Å². The zero-order valence-electron chi connectivity index (χ0n) is 14.2. The molecule has 1 aromatic heterocycles. The molecule has 0 radical (unpaired) electrons. The fourth-order valence-electron chi connectivity index (χ4n) is 3.74. The van der Waals surface area contributed by atoms with Crippen molar-refractivity contribution in [2.75, 3.05) is 18.9 Å². The molecule has 2 aromatic rings. The number of fused-ring (bicyclic) bond motifs is 1. The van der Waals surface area contributed by atoms with Gasteiger partial charge in [-0.1, -0.05) is 17.2 Å². The van der Waals surface area contributed by atoms with Gasteiger partial charge in [0.1, 0.15) is 6.61 Å². The highest BCUT2D eigenvalue weighted by atomic mass is 16.6. The molecule has 0 aliphatic carbocycles. The molecule has 4 atom stereocenters. The van der Waals surface area contributed by atoms with E-state index in [1.54, 1.807) is 0 Å². The number of nitrogens with two attached hydrogens (primary N) is 2. The Labute approximate surface area is 146 Å². The van der Waals surface area contributed by atoms with Crippen molar-refractivity contribution in [1.29, 1.82) is 0 Å². The van der Waals surface area contributed by atoms with E-state index in [9.17, 15) is 0 Å². The summed E-state index contributed by atoms with van der Waals surface area (Å²) in [5, 5.41) is 7.62. The number of nitrogens with zero attached hydrogens (tertiary/aromatic N) is 3. The minimum absolute atomic E-state index is 0.0577. The summed E-state index contributed by atoms with van der Waals surface area (Å²) >= 11 is 0. The van der Waals surface area contributed by atoms with Crippen LogP contribution in [0.5, 0.6) is 11.5 Å². The lowest BCUT2D eigenvalue weighted by Gasteiger charge is -2.44. The molecular weight excluding hydrogens is 322 g/mol. The number of aromatic nitrogens is 2. The van der Waals surface area contributed by atoms with E-state index >= 15 is 0 Å². The van der Waals surface area contributed by atoms with Gasteiger partial charge in [-0.25, -0.2) is 0 Å². The third-order valence-corrected chi connectivity index (χ3v) is 5.08. The molecule has 1 fully saturated rings. The van der Waals surface area contributed by atoms with Crippen LogP contribution in [0.2, 0.25) is 0 Å². The lowest BCUT2D eigenvalue weighted by Crippen LogP contribution is -2.53. The molecule has 0 spiro atoms. The summed E-state index contributed by atoms with van der Waals surface area (Å²) < 4.78 is 17.3. The average molecular weight is 345 g/mol. The van der Waals surface area contributed by atoms with Crippen LogP contribution in [-0.2, 0) is 0 Å². The Hall–Kier alpha value is -2.32. The Balaban J connectivity index is 1.40. The number of para-hydroxylation sites is 2. The smallest absolute Gasteiger partial charge is 0.312 e. The molecule has 25 heavy (non-hydrogen) atoms. The molecule has 3 heterocycles. The number of benzene rings is 1. The second kappa shape index (κ2) is 6.53. The summed E-state index contributed by atoms with van der Waals surface area (Å²) in [6.45, 7) is 3.59. The van der Waals surface area contributed by atoms with Gasteiger partial charge in [0.15, 0.2) is 17.7 Å². The van der Waals surface area contributed by atoms with E-state index in [-0.39, 0.29) is 24.2 Å². The number of hydrogen-bond acceptors (Lipinski definition) is 8. The van der Waals surface area contributed by atoms with E-state index < -0.39 is 0 Å². The quantitative estimate of drug-likeness (QED) is 0.861. The average Bonchev–Trinajstić information content (AvgIpc) is 3.07. The standard InChI is InChI=1S/C17H23N5O3/c1-10-8-11(15(18)16-20-21-17(19)25-16)6-7-22(10)14-9-23-12-4-2-3-5-13(12)24-14/h2-5,10-11,14-15H,6-9,18H2,1H3,(H2,19,21). The van der Waals surface area contributed by atoms with Gasteiger partial charge in [-0.05, 0) is 37.8 Å². The minimum atomic E-state index is -0.293. The molecule has 0 bridgehead atoms. The van der Waals surface area contributed by atoms with Gasteiger partial charge in [0.2, 0.25) is 5.89 Å². The third kappa shape index (κ3) is 3.14. The first-order valence-electron chi connectivity index (χ1n) is 8.60. The fraction of sp³-hybridized carbons (Fsp3) is 0.529. The summed E-state index contributed by atoms with van der Waals surface area (Å²) in [5.74, 6) is 2.28. The molecule has 1 aromatic carbocycles. The highest BCUT2D eigenvalue weighted by molar-refractivity contribution is 5.40. The fourth-order valence-corrected chi connectivity index (χ4v) is 3.74.